The Hall–Kier alpha value is -3.60. The molecule has 3 aromatic rings. The molecule has 34 heavy (non-hydrogen) atoms. The summed E-state index contributed by atoms with van der Waals surface area (Å²) in [6, 6.07) is 10.3. The first-order valence-electron chi connectivity index (χ1n) is 10.9. The third-order valence-corrected chi connectivity index (χ3v) is 6.28. The van der Waals surface area contributed by atoms with Gasteiger partial charge in [0.2, 0.25) is 0 Å². The number of ether oxygens (including phenoxy) is 1. The van der Waals surface area contributed by atoms with Gasteiger partial charge in [-0.15, -0.1) is 10.2 Å². The number of nitrogens with one attached hydrogen (secondary N) is 1. The fraction of sp³-hybridized carbons (Fsp3) is 0.348. The van der Waals surface area contributed by atoms with Crippen molar-refractivity contribution in [3.05, 3.63) is 58.9 Å². The molecule has 0 spiro atoms. The minimum Gasteiger partial charge on any atom is -0.463 e. The van der Waals surface area contributed by atoms with Gasteiger partial charge in [-0.25, -0.2) is 9.59 Å². The van der Waals surface area contributed by atoms with Crippen molar-refractivity contribution in [1.82, 2.24) is 30.2 Å². The Morgan fingerprint density at radius 3 is 2.65 bits per heavy atom. The molecule has 0 unspecified atom stereocenters. The van der Waals surface area contributed by atoms with E-state index in [0.717, 1.165) is 11.3 Å². The molecule has 2 aromatic heterocycles. The van der Waals surface area contributed by atoms with Gasteiger partial charge in [0.05, 0.1) is 18.2 Å². The lowest BCUT2D eigenvalue weighted by atomic mass is 9.95. The third kappa shape index (κ3) is 4.69. The Morgan fingerprint density at radius 2 is 2.00 bits per heavy atom. The topological polar surface area (TPSA) is 115 Å². The third-order valence-electron chi connectivity index (χ3n) is 5.45. The van der Waals surface area contributed by atoms with Crippen LogP contribution < -0.4 is 5.32 Å². The van der Waals surface area contributed by atoms with Crippen LogP contribution in [0.25, 0.3) is 11.6 Å². The van der Waals surface area contributed by atoms with Gasteiger partial charge < -0.3 is 14.5 Å². The molecule has 1 aromatic carbocycles. The van der Waals surface area contributed by atoms with Gasteiger partial charge in [-0.05, 0) is 32.4 Å². The molecule has 1 aliphatic heterocycles. The van der Waals surface area contributed by atoms with Crippen LogP contribution in [0, 0.1) is 6.92 Å². The summed E-state index contributed by atoms with van der Waals surface area (Å²) in [4.78, 5) is 27.5. The zero-order chi connectivity index (χ0) is 24.2. The van der Waals surface area contributed by atoms with Crippen LogP contribution >= 0.6 is 11.8 Å². The standard InChI is InChI=1S/C23H26N6O4S/c1-5-29-17(13-34-23-26-25-20(33-23)16-12-14(3)28(4)27-16)18(21(30)32-6-2)19(24-22(29)31)15-10-8-7-9-11-15/h7-12,19H,5-6,13H2,1-4H3,(H,24,31)/t19-/m0/s1. The first-order valence-corrected chi connectivity index (χ1v) is 11.9. The van der Waals surface area contributed by atoms with Crippen molar-refractivity contribution in [2.45, 2.75) is 32.0 Å². The predicted molar refractivity (Wildman–Crippen MR) is 126 cm³/mol. The Labute approximate surface area is 201 Å². The SMILES string of the molecule is CCOC(=O)C1=C(CSc2nnc(-c3cc(C)n(C)n3)o2)N(CC)C(=O)N[C@H]1c1ccccc1. The minimum atomic E-state index is -0.624. The van der Waals surface area contributed by atoms with E-state index in [1.54, 1.807) is 11.6 Å². The molecule has 10 nitrogen and oxygen atoms in total. The summed E-state index contributed by atoms with van der Waals surface area (Å²) in [5, 5.41) is 15.8. The summed E-state index contributed by atoms with van der Waals surface area (Å²) in [5.74, 6) is 0.101. The molecular weight excluding hydrogens is 456 g/mol. The first kappa shape index (κ1) is 23.6. The molecule has 0 aliphatic carbocycles. The maximum absolute atomic E-state index is 13.1. The number of aryl methyl sites for hydroxylation is 2. The summed E-state index contributed by atoms with van der Waals surface area (Å²) in [5.41, 5.74) is 3.29. The van der Waals surface area contributed by atoms with E-state index in [1.807, 2.05) is 57.3 Å². The Balaban J connectivity index is 1.67. The Morgan fingerprint density at radius 1 is 1.24 bits per heavy atom. The highest BCUT2D eigenvalue weighted by atomic mass is 32.2. The molecule has 3 heterocycles. The van der Waals surface area contributed by atoms with Crippen LogP contribution in [-0.2, 0) is 16.6 Å². The van der Waals surface area contributed by atoms with E-state index in [0.29, 0.717) is 34.6 Å². The molecule has 2 amide bonds. The molecule has 11 heteroatoms. The fourth-order valence-electron chi connectivity index (χ4n) is 3.71. The van der Waals surface area contributed by atoms with Gasteiger partial charge in [0.15, 0.2) is 0 Å². The number of aromatic nitrogens is 4. The number of urea groups is 1. The van der Waals surface area contributed by atoms with Crippen LogP contribution in [0.5, 0.6) is 0 Å². The number of esters is 1. The number of carbonyl (C=O) groups excluding carboxylic acids is 2. The van der Waals surface area contributed by atoms with Crippen molar-refractivity contribution in [2.75, 3.05) is 18.9 Å². The van der Waals surface area contributed by atoms with Gasteiger partial charge in [0.1, 0.15) is 5.69 Å². The Bertz CT molecular complexity index is 1200. The molecule has 0 saturated carbocycles. The van der Waals surface area contributed by atoms with Crippen molar-refractivity contribution in [1.29, 1.82) is 0 Å². The van der Waals surface area contributed by atoms with Crippen molar-refractivity contribution in [3.8, 4) is 11.6 Å². The molecule has 0 bridgehead atoms. The van der Waals surface area contributed by atoms with Gasteiger partial charge in [-0.3, -0.25) is 9.58 Å². The number of amides is 2. The quantitative estimate of drug-likeness (QED) is 0.383. The molecule has 1 atom stereocenters. The van der Waals surface area contributed by atoms with Crippen LogP contribution in [0.2, 0.25) is 0 Å². The number of rotatable bonds is 8. The average Bonchev–Trinajstić information content (AvgIpc) is 3.44. The van der Waals surface area contributed by atoms with Crippen molar-refractivity contribution >= 4 is 23.8 Å². The van der Waals surface area contributed by atoms with Gasteiger partial charge in [0.25, 0.3) is 11.1 Å². The monoisotopic (exact) mass is 482 g/mol. The second-order valence-electron chi connectivity index (χ2n) is 7.57. The molecule has 1 aliphatic rings. The van der Waals surface area contributed by atoms with E-state index in [-0.39, 0.29) is 18.4 Å². The number of carbonyl (C=O) groups is 2. The fourth-order valence-corrected chi connectivity index (χ4v) is 4.51. The predicted octanol–water partition coefficient (Wildman–Crippen LogP) is 3.47. The van der Waals surface area contributed by atoms with E-state index in [1.165, 1.54) is 16.7 Å². The normalized spacial score (nSPS) is 16.1. The smallest absolute Gasteiger partial charge is 0.338 e. The summed E-state index contributed by atoms with van der Waals surface area (Å²) >= 11 is 1.25. The van der Waals surface area contributed by atoms with Gasteiger partial charge in [0, 0.05) is 30.7 Å². The van der Waals surface area contributed by atoms with Crippen molar-refractivity contribution in [3.63, 3.8) is 0 Å². The summed E-state index contributed by atoms with van der Waals surface area (Å²) < 4.78 is 12.9. The molecule has 0 fully saturated rings. The maximum Gasteiger partial charge on any atom is 0.338 e. The largest absolute Gasteiger partial charge is 0.463 e. The zero-order valence-electron chi connectivity index (χ0n) is 19.4. The van der Waals surface area contributed by atoms with E-state index in [9.17, 15) is 9.59 Å². The van der Waals surface area contributed by atoms with Crippen LogP contribution in [0.15, 0.2) is 57.3 Å². The van der Waals surface area contributed by atoms with E-state index in [2.05, 4.69) is 20.6 Å². The van der Waals surface area contributed by atoms with E-state index < -0.39 is 12.0 Å². The second-order valence-corrected chi connectivity index (χ2v) is 8.50. The Kier molecular flexibility index (Phi) is 7.01. The molecule has 0 saturated heterocycles. The number of thioether (sulfide) groups is 1. The average molecular weight is 483 g/mol. The second kappa shape index (κ2) is 10.1. The molecule has 178 valence electrons. The number of nitrogens with zero attached hydrogens (tertiary/aromatic N) is 5. The van der Waals surface area contributed by atoms with Crippen LogP contribution in [0.4, 0.5) is 4.79 Å². The van der Waals surface area contributed by atoms with E-state index in [4.69, 9.17) is 9.15 Å². The lowest BCUT2D eigenvalue weighted by Crippen LogP contribution is -2.49. The zero-order valence-corrected chi connectivity index (χ0v) is 20.3. The summed E-state index contributed by atoms with van der Waals surface area (Å²) in [7, 11) is 1.84. The van der Waals surface area contributed by atoms with Gasteiger partial charge in [-0.2, -0.15) is 5.10 Å². The molecule has 1 N–H and O–H groups in total. The lowest BCUT2D eigenvalue weighted by molar-refractivity contribution is -0.139. The molecule has 0 radical (unpaired) electrons. The number of hydrogen-bond acceptors (Lipinski definition) is 8. The van der Waals surface area contributed by atoms with E-state index >= 15 is 0 Å². The highest BCUT2D eigenvalue weighted by Crippen LogP contribution is 2.34. The van der Waals surface area contributed by atoms with Crippen LogP contribution in [-0.4, -0.2) is 55.8 Å². The lowest BCUT2D eigenvalue weighted by Gasteiger charge is -2.36. The first-order chi connectivity index (χ1) is 16.4. The summed E-state index contributed by atoms with van der Waals surface area (Å²) in [6.45, 7) is 6.14. The maximum atomic E-state index is 13.1. The summed E-state index contributed by atoms with van der Waals surface area (Å²) in [6.07, 6.45) is 0. The minimum absolute atomic E-state index is 0.223. The number of benzene rings is 1. The van der Waals surface area contributed by atoms with Gasteiger partial charge in [-0.1, -0.05) is 42.1 Å². The molecular formula is C23H26N6O4S. The van der Waals surface area contributed by atoms with Gasteiger partial charge >= 0.3 is 12.0 Å². The highest BCUT2D eigenvalue weighted by Gasteiger charge is 2.37. The highest BCUT2D eigenvalue weighted by molar-refractivity contribution is 7.99. The van der Waals surface area contributed by atoms with Crippen LogP contribution in [0.3, 0.4) is 0 Å². The number of hydrogen-bond donors (Lipinski definition) is 1. The van der Waals surface area contributed by atoms with Crippen molar-refractivity contribution in [2.24, 2.45) is 7.05 Å². The van der Waals surface area contributed by atoms with Crippen LogP contribution in [0.1, 0.15) is 31.1 Å². The molecule has 4 rings (SSSR count). The van der Waals surface area contributed by atoms with Crippen molar-refractivity contribution < 1.29 is 18.7 Å².